The van der Waals surface area contributed by atoms with E-state index in [0.29, 0.717) is 16.5 Å². The highest BCUT2D eigenvalue weighted by Crippen LogP contribution is 2.30. The van der Waals surface area contributed by atoms with Crippen LogP contribution in [0.1, 0.15) is 47.2 Å². The van der Waals surface area contributed by atoms with Crippen LogP contribution in [0.5, 0.6) is 5.75 Å². The second kappa shape index (κ2) is 10.7. The van der Waals surface area contributed by atoms with Gasteiger partial charge in [-0.1, -0.05) is 32.0 Å². The first-order valence-electron chi connectivity index (χ1n) is 10.8. The van der Waals surface area contributed by atoms with Gasteiger partial charge < -0.3 is 18.6 Å². The maximum absolute atomic E-state index is 13.1. The van der Waals surface area contributed by atoms with Gasteiger partial charge in [0.1, 0.15) is 22.8 Å². The minimum Gasteiger partial charge on any atom is -0.495 e. The number of ether oxygens (including phenoxy) is 3. The van der Waals surface area contributed by atoms with Crippen molar-refractivity contribution in [2.24, 2.45) is 0 Å². The number of hydrogen-bond acceptors (Lipinski definition) is 8. The van der Waals surface area contributed by atoms with Crippen molar-refractivity contribution in [3.8, 4) is 5.75 Å². The number of furan rings is 1. The van der Waals surface area contributed by atoms with Crippen LogP contribution in [-0.2, 0) is 26.1 Å². The summed E-state index contributed by atoms with van der Waals surface area (Å²) in [6.07, 6.45) is 0. The van der Waals surface area contributed by atoms with Crippen molar-refractivity contribution in [2.45, 2.75) is 32.3 Å². The number of sulfonamides is 1. The van der Waals surface area contributed by atoms with Gasteiger partial charge >= 0.3 is 11.9 Å². The Hall–Kier alpha value is -3.37. The molecular weight excluding hydrogens is 462 g/mol. The largest absolute Gasteiger partial charge is 0.495 e. The first-order chi connectivity index (χ1) is 16.3. The van der Waals surface area contributed by atoms with Gasteiger partial charge in [0.15, 0.2) is 0 Å². The summed E-state index contributed by atoms with van der Waals surface area (Å²) < 4.78 is 48.7. The van der Waals surface area contributed by atoms with Crippen molar-refractivity contribution in [3.63, 3.8) is 0 Å². The predicted octanol–water partition coefficient (Wildman–Crippen LogP) is 4.01. The molecule has 0 spiro atoms. The summed E-state index contributed by atoms with van der Waals surface area (Å²) in [5, 5.41) is 0.609. The van der Waals surface area contributed by atoms with E-state index in [0.717, 1.165) is 0 Å². The summed E-state index contributed by atoms with van der Waals surface area (Å²) >= 11 is 0. The van der Waals surface area contributed by atoms with Crippen molar-refractivity contribution in [2.75, 3.05) is 26.8 Å². The zero-order valence-electron chi connectivity index (χ0n) is 19.5. The number of fused-ring (bicyclic) bond motifs is 1. The Morgan fingerprint density at radius 3 is 2.32 bits per heavy atom. The van der Waals surface area contributed by atoms with E-state index in [-0.39, 0.29) is 48.3 Å². The van der Waals surface area contributed by atoms with Gasteiger partial charge in [0, 0.05) is 18.5 Å². The van der Waals surface area contributed by atoms with E-state index >= 15 is 0 Å². The van der Waals surface area contributed by atoms with E-state index < -0.39 is 22.0 Å². The van der Waals surface area contributed by atoms with Gasteiger partial charge in [-0.05, 0) is 31.2 Å². The molecule has 0 aliphatic heterocycles. The van der Waals surface area contributed by atoms with Gasteiger partial charge in [-0.25, -0.2) is 18.0 Å². The van der Waals surface area contributed by atoms with E-state index in [4.69, 9.17) is 18.6 Å². The highest BCUT2D eigenvalue weighted by atomic mass is 32.2. The van der Waals surface area contributed by atoms with Crippen LogP contribution in [0.15, 0.2) is 51.8 Å². The number of methoxy groups -OCH3 is 1. The molecule has 0 bridgehead atoms. The van der Waals surface area contributed by atoms with Crippen LogP contribution < -0.4 is 4.74 Å². The average Bonchev–Trinajstić information content (AvgIpc) is 3.21. The van der Waals surface area contributed by atoms with Crippen molar-refractivity contribution < 1.29 is 36.6 Å². The summed E-state index contributed by atoms with van der Waals surface area (Å²) in [4.78, 5) is 25.1. The highest BCUT2D eigenvalue weighted by Gasteiger charge is 2.28. The molecule has 34 heavy (non-hydrogen) atoms. The van der Waals surface area contributed by atoms with Gasteiger partial charge in [-0.3, -0.25) is 0 Å². The summed E-state index contributed by atoms with van der Waals surface area (Å²) in [6, 6.07) is 11.0. The van der Waals surface area contributed by atoms with Crippen molar-refractivity contribution >= 4 is 32.9 Å². The van der Waals surface area contributed by atoms with E-state index in [2.05, 4.69) is 0 Å². The third-order valence-corrected chi connectivity index (χ3v) is 7.30. The molecule has 0 saturated carbocycles. The summed E-state index contributed by atoms with van der Waals surface area (Å²) in [6.45, 7) is 5.54. The average molecular weight is 490 g/mol. The SMILES string of the molecule is CCOC(=O)c1oc2ccccc2c1COC(=O)c1ccc(OC)c(S(=O)(=O)N(CC)CC)c1. The molecule has 0 N–H and O–H groups in total. The molecule has 1 heterocycles. The number of nitrogens with zero attached hydrogens (tertiary/aromatic N) is 1. The molecule has 2 aromatic carbocycles. The lowest BCUT2D eigenvalue weighted by molar-refractivity contribution is 0.0435. The normalized spacial score (nSPS) is 11.6. The number of rotatable bonds is 10. The second-order valence-corrected chi connectivity index (χ2v) is 9.06. The van der Waals surface area contributed by atoms with Crippen LogP contribution >= 0.6 is 0 Å². The molecule has 0 atom stereocenters. The fourth-order valence-electron chi connectivity index (χ4n) is 3.53. The minimum absolute atomic E-state index is 0.0250. The zero-order chi connectivity index (χ0) is 24.9. The predicted molar refractivity (Wildman–Crippen MR) is 124 cm³/mol. The van der Waals surface area contributed by atoms with Crippen LogP contribution in [0.3, 0.4) is 0 Å². The van der Waals surface area contributed by atoms with E-state index in [1.54, 1.807) is 45.0 Å². The molecule has 0 fully saturated rings. The third-order valence-electron chi connectivity index (χ3n) is 5.23. The fraction of sp³-hybridized carbons (Fsp3) is 0.333. The third kappa shape index (κ3) is 4.92. The molecule has 3 rings (SSSR count). The molecule has 0 saturated heterocycles. The zero-order valence-corrected chi connectivity index (χ0v) is 20.3. The Balaban J connectivity index is 1.92. The van der Waals surface area contributed by atoms with Gasteiger partial charge in [0.25, 0.3) is 0 Å². The van der Waals surface area contributed by atoms with Crippen molar-refractivity contribution in [1.82, 2.24) is 4.31 Å². The van der Waals surface area contributed by atoms with Crippen molar-refractivity contribution in [3.05, 3.63) is 59.4 Å². The molecule has 182 valence electrons. The number of carbonyl (C=O) groups is 2. The maximum atomic E-state index is 13.1. The Kier molecular flexibility index (Phi) is 7.95. The summed E-state index contributed by atoms with van der Waals surface area (Å²) in [7, 11) is -2.53. The Labute approximate surface area is 198 Å². The van der Waals surface area contributed by atoms with E-state index in [1.165, 1.54) is 29.6 Å². The molecule has 1 aromatic heterocycles. The van der Waals surface area contributed by atoms with Crippen molar-refractivity contribution in [1.29, 1.82) is 0 Å². The topological polar surface area (TPSA) is 112 Å². The minimum atomic E-state index is -3.89. The number of esters is 2. The van der Waals surface area contributed by atoms with Crippen LogP contribution in [-0.4, -0.2) is 51.5 Å². The molecule has 0 unspecified atom stereocenters. The van der Waals surface area contributed by atoms with Crippen LogP contribution in [0.2, 0.25) is 0 Å². The van der Waals surface area contributed by atoms with Gasteiger partial charge in [0.2, 0.25) is 15.8 Å². The standard InChI is InChI=1S/C24H27NO8S/c1-5-25(6-2)34(28,29)21-14-16(12-13-20(21)30-4)23(26)32-15-18-17-10-8-9-11-19(17)33-22(18)24(27)31-7-3/h8-14H,5-7,15H2,1-4H3. The Bertz CT molecular complexity index is 1290. The van der Waals surface area contributed by atoms with Gasteiger partial charge in [0.05, 0.1) is 24.8 Å². The van der Waals surface area contributed by atoms with Crippen LogP contribution in [0.25, 0.3) is 11.0 Å². The first kappa shape index (κ1) is 25.3. The first-order valence-corrected chi connectivity index (χ1v) is 12.2. The number of hydrogen-bond donors (Lipinski definition) is 0. The lowest BCUT2D eigenvalue weighted by Crippen LogP contribution is -2.31. The lowest BCUT2D eigenvalue weighted by Gasteiger charge is -2.20. The summed E-state index contributed by atoms with van der Waals surface area (Å²) in [5.41, 5.74) is 0.845. The molecular formula is C24H27NO8S. The quantitative estimate of drug-likeness (QED) is 0.393. The van der Waals surface area contributed by atoms with Crippen LogP contribution in [0.4, 0.5) is 0 Å². The maximum Gasteiger partial charge on any atom is 0.374 e. The molecule has 10 heteroatoms. The second-order valence-electron chi connectivity index (χ2n) is 7.16. The number of carbonyl (C=O) groups excluding carboxylic acids is 2. The van der Waals surface area contributed by atoms with Gasteiger partial charge in [-0.2, -0.15) is 4.31 Å². The molecule has 9 nitrogen and oxygen atoms in total. The smallest absolute Gasteiger partial charge is 0.374 e. The van der Waals surface area contributed by atoms with E-state index in [9.17, 15) is 18.0 Å². The number of benzene rings is 2. The Morgan fingerprint density at radius 2 is 1.68 bits per heavy atom. The molecule has 0 aliphatic rings. The lowest BCUT2D eigenvalue weighted by atomic mass is 10.1. The monoisotopic (exact) mass is 489 g/mol. The summed E-state index contributed by atoms with van der Waals surface area (Å²) in [5.74, 6) is -1.36. The molecule has 3 aromatic rings. The fourth-order valence-corrected chi connectivity index (χ4v) is 5.17. The van der Waals surface area contributed by atoms with Gasteiger partial charge in [-0.15, -0.1) is 0 Å². The highest BCUT2D eigenvalue weighted by molar-refractivity contribution is 7.89. The molecule has 0 aliphatic carbocycles. The molecule has 0 radical (unpaired) electrons. The van der Waals surface area contributed by atoms with E-state index in [1.807, 2.05) is 0 Å². The molecule has 0 amide bonds. The van der Waals surface area contributed by atoms with Crippen LogP contribution in [0, 0.1) is 0 Å². The Morgan fingerprint density at radius 1 is 0.971 bits per heavy atom. The number of para-hydroxylation sites is 1.